The molecule has 29 heavy (non-hydrogen) atoms. The van der Waals surface area contributed by atoms with Gasteiger partial charge >= 0.3 is 0 Å². The number of Topliss-reactive ketones (excluding diaryl/α,β-unsaturated/α-hetero) is 1. The maximum absolute atomic E-state index is 14.6. The van der Waals surface area contributed by atoms with E-state index in [1.807, 2.05) is 13.8 Å². The van der Waals surface area contributed by atoms with Crippen LogP contribution in [0.4, 0.5) is 4.39 Å². The summed E-state index contributed by atoms with van der Waals surface area (Å²) in [6.45, 7) is 4.43. The van der Waals surface area contributed by atoms with E-state index in [1.54, 1.807) is 42.5 Å². The second-order valence-electron chi connectivity index (χ2n) is 7.15. The third kappa shape index (κ3) is 4.38. The molecule has 0 aliphatic carbocycles. The molecule has 0 unspecified atom stereocenters. The van der Waals surface area contributed by atoms with Gasteiger partial charge in [0.1, 0.15) is 11.6 Å². The number of carbonyl (C=O) groups is 2. The number of carbonyl (C=O) groups excluding carboxylic acids is 2. The fourth-order valence-corrected chi connectivity index (χ4v) is 3.44. The van der Waals surface area contributed by atoms with Crippen LogP contribution in [0, 0.1) is 5.82 Å². The molecular formula is C23H24FNO4. The van der Waals surface area contributed by atoms with Gasteiger partial charge in [0.2, 0.25) is 0 Å². The van der Waals surface area contributed by atoms with Crippen LogP contribution in [0.15, 0.2) is 60.2 Å². The highest BCUT2D eigenvalue weighted by atomic mass is 19.1. The standard InChI is InChI=1S/C23H24FNO4/c1-15(2)29-14-8-13-25-20(17-11-6-7-12-18(17)24)19(22(27)23(25)28)21(26)16-9-4-3-5-10-16/h3-7,9-12,15,20,26H,8,13-14H2,1-2H3/t20-/m0/s1. The van der Waals surface area contributed by atoms with Crippen LogP contribution >= 0.6 is 0 Å². The Labute approximate surface area is 169 Å². The average molecular weight is 397 g/mol. The molecule has 1 heterocycles. The number of amides is 1. The lowest BCUT2D eigenvalue weighted by Gasteiger charge is -2.25. The summed E-state index contributed by atoms with van der Waals surface area (Å²) in [6, 6.07) is 13.5. The minimum Gasteiger partial charge on any atom is -0.507 e. The minimum atomic E-state index is -0.990. The summed E-state index contributed by atoms with van der Waals surface area (Å²) in [5.74, 6) is -2.41. The molecule has 3 rings (SSSR count). The Morgan fingerprint density at radius 3 is 2.41 bits per heavy atom. The van der Waals surface area contributed by atoms with Crippen LogP contribution in [-0.2, 0) is 14.3 Å². The highest BCUT2D eigenvalue weighted by Crippen LogP contribution is 2.40. The predicted molar refractivity (Wildman–Crippen MR) is 108 cm³/mol. The number of hydrogen-bond donors (Lipinski definition) is 1. The highest BCUT2D eigenvalue weighted by Gasteiger charge is 2.46. The summed E-state index contributed by atoms with van der Waals surface area (Å²) in [7, 11) is 0. The van der Waals surface area contributed by atoms with Crippen LogP contribution in [-0.4, -0.2) is 41.0 Å². The summed E-state index contributed by atoms with van der Waals surface area (Å²) >= 11 is 0. The van der Waals surface area contributed by atoms with Crippen molar-refractivity contribution < 1.29 is 23.8 Å². The van der Waals surface area contributed by atoms with Gasteiger partial charge in [0.15, 0.2) is 0 Å². The average Bonchev–Trinajstić information content (AvgIpc) is 2.96. The number of nitrogens with zero attached hydrogens (tertiary/aromatic N) is 1. The molecule has 0 radical (unpaired) electrons. The van der Waals surface area contributed by atoms with Crippen LogP contribution < -0.4 is 0 Å². The van der Waals surface area contributed by atoms with Crippen LogP contribution in [0.1, 0.15) is 37.4 Å². The minimum absolute atomic E-state index is 0.0471. The van der Waals surface area contributed by atoms with E-state index in [2.05, 4.69) is 0 Å². The smallest absolute Gasteiger partial charge is 0.295 e. The Kier molecular flexibility index (Phi) is 6.44. The van der Waals surface area contributed by atoms with E-state index < -0.39 is 23.5 Å². The summed E-state index contributed by atoms with van der Waals surface area (Å²) in [4.78, 5) is 26.9. The number of likely N-dealkylation sites (tertiary alicyclic amines) is 1. The van der Waals surface area contributed by atoms with Gasteiger partial charge in [-0.05, 0) is 26.3 Å². The lowest BCUT2D eigenvalue weighted by atomic mass is 9.95. The van der Waals surface area contributed by atoms with Gasteiger partial charge in [0, 0.05) is 24.3 Å². The SMILES string of the molecule is CC(C)OCCCN1C(=O)C(=O)C(=C(O)c2ccccc2)[C@@H]1c1ccccc1F. The third-order valence-electron chi connectivity index (χ3n) is 4.78. The molecule has 1 saturated heterocycles. The fraction of sp³-hybridized carbons (Fsp3) is 0.304. The van der Waals surface area contributed by atoms with Crippen LogP contribution in [0.25, 0.3) is 5.76 Å². The van der Waals surface area contributed by atoms with Crippen molar-refractivity contribution in [3.8, 4) is 0 Å². The van der Waals surface area contributed by atoms with E-state index >= 15 is 0 Å². The van der Waals surface area contributed by atoms with Crippen molar-refractivity contribution in [2.45, 2.75) is 32.4 Å². The van der Waals surface area contributed by atoms with Crippen LogP contribution in [0.5, 0.6) is 0 Å². The van der Waals surface area contributed by atoms with E-state index in [9.17, 15) is 19.1 Å². The molecule has 152 valence electrons. The molecule has 0 bridgehead atoms. The lowest BCUT2D eigenvalue weighted by molar-refractivity contribution is -0.140. The van der Waals surface area contributed by atoms with E-state index in [4.69, 9.17) is 4.74 Å². The van der Waals surface area contributed by atoms with Gasteiger partial charge < -0.3 is 14.7 Å². The number of aliphatic hydroxyl groups is 1. The van der Waals surface area contributed by atoms with Gasteiger partial charge in [-0.15, -0.1) is 0 Å². The summed E-state index contributed by atoms with van der Waals surface area (Å²) in [5, 5.41) is 10.8. The van der Waals surface area contributed by atoms with E-state index in [-0.39, 0.29) is 29.5 Å². The molecule has 2 aromatic rings. The Bertz CT molecular complexity index is 923. The zero-order valence-electron chi connectivity index (χ0n) is 16.5. The summed E-state index contributed by atoms with van der Waals surface area (Å²) < 4.78 is 20.1. The normalized spacial score (nSPS) is 18.6. The largest absolute Gasteiger partial charge is 0.507 e. The van der Waals surface area contributed by atoms with Crippen molar-refractivity contribution in [2.24, 2.45) is 0 Å². The number of ether oxygens (including phenoxy) is 1. The Morgan fingerprint density at radius 2 is 1.76 bits per heavy atom. The molecule has 1 atom stereocenters. The van der Waals surface area contributed by atoms with Crippen LogP contribution in [0.2, 0.25) is 0 Å². The Hall–Kier alpha value is -2.99. The number of ketones is 1. The van der Waals surface area contributed by atoms with Gasteiger partial charge in [0.05, 0.1) is 17.7 Å². The first-order valence-electron chi connectivity index (χ1n) is 9.61. The number of hydrogen-bond acceptors (Lipinski definition) is 4. The maximum atomic E-state index is 14.6. The summed E-state index contributed by atoms with van der Waals surface area (Å²) in [5.41, 5.74) is 0.472. The molecule has 6 heteroatoms. The van der Waals surface area contributed by atoms with Crippen molar-refractivity contribution >= 4 is 17.4 Å². The van der Waals surface area contributed by atoms with Gasteiger partial charge in [-0.2, -0.15) is 0 Å². The number of halogens is 1. The number of benzene rings is 2. The molecular weight excluding hydrogens is 373 g/mol. The monoisotopic (exact) mass is 397 g/mol. The molecule has 1 aliphatic rings. The van der Waals surface area contributed by atoms with Crippen molar-refractivity contribution in [3.63, 3.8) is 0 Å². The van der Waals surface area contributed by atoms with Gasteiger partial charge in [-0.25, -0.2) is 4.39 Å². The zero-order valence-corrected chi connectivity index (χ0v) is 16.5. The fourth-order valence-electron chi connectivity index (χ4n) is 3.44. The van der Waals surface area contributed by atoms with Gasteiger partial charge in [0.25, 0.3) is 11.7 Å². The van der Waals surface area contributed by atoms with Gasteiger partial charge in [-0.1, -0.05) is 48.5 Å². The third-order valence-corrected chi connectivity index (χ3v) is 4.78. The second-order valence-corrected chi connectivity index (χ2v) is 7.15. The highest BCUT2D eigenvalue weighted by molar-refractivity contribution is 6.46. The van der Waals surface area contributed by atoms with Crippen molar-refractivity contribution in [3.05, 3.63) is 77.1 Å². The Balaban J connectivity index is 2.04. The quantitative estimate of drug-likeness (QED) is 0.331. The van der Waals surface area contributed by atoms with Crippen molar-refractivity contribution in [1.29, 1.82) is 0 Å². The van der Waals surface area contributed by atoms with Crippen molar-refractivity contribution in [1.82, 2.24) is 4.90 Å². The molecule has 0 spiro atoms. The van der Waals surface area contributed by atoms with E-state index in [0.717, 1.165) is 0 Å². The number of rotatable bonds is 7. The first-order valence-corrected chi connectivity index (χ1v) is 9.61. The van der Waals surface area contributed by atoms with Crippen molar-refractivity contribution in [2.75, 3.05) is 13.2 Å². The summed E-state index contributed by atoms with van der Waals surface area (Å²) in [6.07, 6.45) is 0.535. The molecule has 1 amide bonds. The predicted octanol–water partition coefficient (Wildman–Crippen LogP) is 4.06. The maximum Gasteiger partial charge on any atom is 0.295 e. The molecule has 0 aromatic heterocycles. The molecule has 1 aliphatic heterocycles. The zero-order chi connectivity index (χ0) is 21.0. The molecule has 2 aromatic carbocycles. The molecule has 1 fully saturated rings. The topological polar surface area (TPSA) is 66.8 Å². The number of aliphatic hydroxyl groups excluding tert-OH is 1. The molecule has 0 saturated carbocycles. The lowest BCUT2D eigenvalue weighted by Crippen LogP contribution is -2.31. The first-order chi connectivity index (χ1) is 13.9. The second kappa shape index (κ2) is 9.01. The van der Waals surface area contributed by atoms with Crippen LogP contribution in [0.3, 0.4) is 0 Å². The molecule has 5 nitrogen and oxygen atoms in total. The molecule has 1 N–H and O–H groups in total. The van der Waals surface area contributed by atoms with Gasteiger partial charge in [-0.3, -0.25) is 9.59 Å². The van der Waals surface area contributed by atoms with E-state index in [0.29, 0.717) is 18.6 Å². The Morgan fingerprint density at radius 1 is 1.10 bits per heavy atom. The first kappa shape index (κ1) is 20.7. The van der Waals surface area contributed by atoms with E-state index in [1.165, 1.54) is 17.0 Å².